The number of hydrogen-bond acceptors (Lipinski definition) is 5. The van der Waals surface area contributed by atoms with Crippen LogP contribution in [0.3, 0.4) is 0 Å². The number of nitrogens with two attached hydrogens (primary N) is 2. The molecule has 0 saturated heterocycles. The van der Waals surface area contributed by atoms with Crippen molar-refractivity contribution in [3.63, 3.8) is 0 Å². The van der Waals surface area contributed by atoms with Crippen LogP contribution in [0.4, 0.5) is 5.69 Å². The molecule has 8 heteroatoms. The predicted octanol–water partition coefficient (Wildman–Crippen LogP) is -0.353. The maximum atomic E-state index is 11.0. The highest BCUT2D eigenvalue weighted by molar-refractivity contribution is 5.92. The first-order chi connectivity index (χ1) is 8.49. The molecular formula is C10H9N5O3. The van der Waals surface area contributed by atoms with Crippen molar-refractivity contribution < 1.29 is 14.7 Å². The summed E-state index contributed by atoms with van der Waals surface area (Å²) in [5.41, 5.74) is 10.9. The maximum Gasteiger partial charge on any atom is 0.358 e. The molecule has 0 fully saturated rings. The lowest BCUT2D eigenvalue weighted by molar-refractivity contribution is 0.0691. The number of amides is 1. The molecule has 0 aliphatic carbocycles. The summed E-state index contributed by atoms with van der Waals surface area (Å²) in [6.45, 7) is 0. The summed E-state index contributed by atoms with van der Waals surface area (Å²) in [7, 11) is 0. The number of aromatic carboxylic acids is 1. The Balaban J connectivity index is 2.49. The van der Waals surface area contributed by atoms with Crippen LogP contribution in [0.1, 0.15) is 21.0 Å². The number of carbonyl (C=O) groups excluding carboxylic acids is 1. The topological polar surface area (TPSA) is 137 Å². The third-order valence-electron chi connectivity index (χ3n) is 2.21. The molecule has 92 valence electrons. The van der Waals surface area contributed by atoms with Crippen LogP contribution in [0.5, 0.6) is 0 Å². The number of aromatic nitrogens is 3. The molecule has 0 spiro atoms. The van der Waals surface area contributed by atoms with Gasteiger partial charge in [0, 0.05) is 6.20 Å². The van der Waals surface area contributed by atoms with E-state index in [1.165, 1.54) is 23.1 Å². The van der Waals surface area contributed by atoms with Crippen molar-refractivity contribution in [2.75, 3.05) is 5.73 Å². The lowest BCUT2D eigenvalue weighted by Gasteiger charge is -2.01. The molecule has 0 radical (unpaired) electrons. The normalized spacial score (nSPS) is 10.2. The van der Waals surface area contributed by atoms with Crippen molar-refractivity contribution in [2.45, 2.75) is 0 Å². The molecule has 2 heterocycles. The van der Waals surface area contributed by atoms with Gasteiger partial charge in [-0.05, 0) is 12.1 Å². The highest BCUT2D eigenvalue weighted by Gasteiger charge is 2.14. The molecule has 5 N–H and O–H groups in total. The molecule has 2 rings (SSSR count). The molecule has 2 aromatic heterocycles. The molecule has 2 aromatic rings. The Hall–Kier alpha value is -2.90. The Morgan fingerprint density at radius 1 is 1.39 bits per heavy atom. The van der Waals surface area contributed by atoms with Crippen molar-refractivity contribution in [3.8, 4) is 5.69 Å². The van der Waals surface area contributed by atoms with E-state index in [2.05, 4.69) is 10.1 Å². The zero-order chi connectivity index (χ0) is 13.3. The van der Waals surface area contributed by atoms with Gasteiger partial charge in [0.05, 0.1) is 17.6 Å². The van der Waals surface area contributed by atoms with E-state index < -0.39 is 11.9 Å². The summed E-state index contributed by atoms with van der Waals surface area (Å²) >= 11 is 0. The molecule has 0 saturated carbocycles. The smallest absolute Gasteiger partial charge is 0.358 e. The molecule has 8 nitrogen and oxygen atoms in total. The highest BCUT2D eigenvalue weighted by atomic mass is 16.4. The second-order valence-electron chi connectivity index (χ2n) is 3.45. The van der Waals surface area contributed by atoms with Gasteiger partial charge in [0.1, 0.15) is 5.69 Å². The van der Waals surface area contributed by atoms with E-state index in [1.54, 1.807) is 6.07 Å². The second kappa shape index (κ2) is 4.17. The van der Waals surface area contributed by atoms with Crippen LogP contribution in [0.2, 0.25) is 0 Å². The molecule has 18 heavy (non-hydrogen) atoms. The number of anilines is 1. The zero-order valence-electron chi connectivity index (χ0n) is 9.07. The van der Waals surface area contributed by atoms with Gasteiger partial charge in [-0.3, -0.25) is 9.78 Å². The number of carboxylic acids is 1. The first-order valence-corrected chi connectivity index (χ1v) is 4.83. The number of pyridine rings is 1. The first kappa shape index (κ1) is 11.6. The zero-order valence-corrected chi connectivity index (χ0v) is 9.07. The second-order valence-corrected chi connectivity index (χ2v) is 3.45. The number of nitrogen functional groups attached to an aromatic ring is 1. The molecular weight excluding hydrogens is 238 g/mol. The van der Waals surface area contributed by atoms with Gasteiger partial charge < -0.3 is 16.6 Å². The highest BCUT2D eigenvalue weighted by Crippen LogP contribution is 2.14. The number of nitrogens with zero attached hydrogens (tertiary/aromatic N) is 3. The number of primary amides is 1. The SMILES string of the molecule is NC(=O)c1cc(-n2cc(N)c(C(=O)O)n2)ccn1. The quantitative estimate of drug-likeness (QED) is 0.677. The van der Waals surface area contributed by atoms with E-state index in [0.717, 1.165) is 0 Å². The van der Waals surface area contributed by atoms with Crippen LogP contribution in [0.15, 0.2) is 24.5 Å². The van der Waals surface area contributed by atoms with Crippen molar-refractivity contribution in [3.05, 3.63) is 35.9 Å². The lowest BCUT2D eigenvalue weighted by atomic mass is 10.3. The Labute approximate surface area is 101 Å². The van der Waals surface area contributed by atoms with Crippen molar-refractivity contribution in [1.82, 2.24) is 14.8 Å². The summed E-state index contributed by atoms with van der Waals surface area (Å²) in [6.07, 6.45) is 2.71. The van der Waals surface area contributed by atoms with Crippen molar-refractivity contribution >= 4 is 17.6 Å². The van der Waals surface area contributed by atoms with Crippen LogP contribution >= 0.6 is 0 Å². The third kappa shape index (κ3) is 1.98. The Morgan fingerprint density at radius 3 is 2.67 bits per heavy atom. The minimum absolute atomic E-state index is 0.0277. The predicted molar refractivity (Wildman–Crippen MR) is 61.2 cm³/mol. The Morgan fingerprint density at radius 2 is 2.11 bits per heavy atom. The fourth-order valence-electron chi connectivity index (χ4n) is 1.38. The standard InChI is InChI=1S/C10H9N5O3/c11-6-4-15(14-8(6)10(17)18)5-1-2-13-7(3-5)9(12)16/h1-4H,11H2,(H2,12,16)(H,17,18). The van der Waals surface area contributed by atoms with Crippen LogP contribution < -0.4 is 11.5 Å². The average molecular weight is 247 g/mol. The van der Waals surface area contributed by atoms with Gasteiger partial charge in [-0.1, -0.05) is 0 Å². The largest absolute Gasteiger partial charge is 0.476 e. The molecule has 0 bridgehead atoms. The van der Waals surface area contributed by atoms with Crippen LogP contribution in [-0.2, 0) is 0 Å². The van der Waals surface area contributed by atoms with Gasteiger partial charge in [-0.25, -0.2) is 9.48 Å². The van der Waals surface area contributed by atoms with E-state index in [9.17, 15) is 9.59 Å². The lowest BCUT2D eigenvalue weighted by Crippen LogP contribution is -2.13. The van der Waals surface area contributed by atoms with Gasteiger partial charge in [-0.15, -0.1) is 0 Å². The number of rotatable bonds is 3. The molecule has 0 aliphatic heterocycles. The number of carbonyl (C=O) groups is 2. The van der Waals surface area contributed by atoms with E-state index >= 15 is 0 Å². The van der Waals surface area contributed by atoms with Crippen LogP contribution in [-0.4, -0.2) is 31.7 Å². The summed E-state index contributed by atoms with van der Waals surface area (Å²) in [5.74, 6) is -1.91. The van der Waals surface area contributed by atoms with E-state index in [0.29, 0.717) is 5.69 Å². The third-order valence-corrected chi connectivity index (χ3v) is 2.21. The molecule has 0 aromatic carbocycles. The Bertz CT molecular complexity index is 634. The molecule has 0 atom stereocenters. The first-order valence-electron chi connectivity index (χ1n) is 4.83. The van der Waals surface area contributed by atoms with Crippen LogP contribution in [0.25, 0.3) is 5.69 Å². The van der Waals surface area contributed by atoms with Gasteiger partial charge in [-0.2, -0.15) is 5.10 Å². The van der Waals surface area contributed by atoms with Gasteiger partial charge in [0.25, 0.3) is 5.91 Å². The summed E-state index contributed by atoms with van der Waals surface area (Å²) in [5, 5.41) is 12.6. The summed E-state index contributed by atoms with van der Waals surface area (Å²) < 4.78 is 1.24. The average Bonchev–Trinajstić information content (AvgIpc) is 2.71. The van der Waals surface area contributed by atoms with E-state index in [1.807, 2.05) is 0 Å². The summed E-state index contributed by atoms with van der Waals surface area (Å²) in [6, 6.07) is 2.94. The Kier molecular flexibility index (Phi) is 2.68. The minimum Gasteiger partial charge on any atom is -0.476 e. The minimum atomic E-state index is -1.23. The van der Waals surface area contributed by atoms with E-state index in [-0.39, 0.29) is 17.1 Å². The monoisotopic (exact) mass is 247 g/mol. The van der Waals surface area contributed by atoms with Gasteiger partial charge in [0.15, 0.2) is 5.69 Å². The maximum absolute atomic E-state index is 11.0. The van der Waals surface area contributed by atoms with Crippen molar-refractivity contribution in [2.24, 2.45) is 5.73 Å². The molecule has 0 unspecified atom stereocenters. The molecule has 0 aliphatic rings. The van der Waals surface area contributed by atoms with Gasteiger partial charge in [0.2, 0.25) is 0 Å². The van der Waals surface area contributed by atoms with Gasteiger partial charge >= 0.3 is 5.97 Å². The number of hydrogen-bond donors (Lipinski definition) is 3. The summed E-state index contributed by atoms with van der Waals surface area (Å²) in [4.78, 5) is 25.5. The van der Waals surface area contributed by atoms with Crippen LogP contribution in [0, 0.1) is 0 Å². The fraction of sp³-hybridized carbons (Fsp3) is 0. The van der Waals surface area contributed by atoms with Crippen molar-refractivity contribution in [1.29, 1.82) is 0 Å². The van der Waals surface area contributed by atoms with E-state index in [4.69, 9.17) is 16.6 Å². The number of carboxylic acid groups (broad SMARTS) is 1. The molecule has 1 amide bonds. The fourth-order valence-corrected chi connectivity index (χ4v) is 1.38.